The Kier molecular flexibility index (Phi) is 4.73. The molecule has 0 spiro atoms. The third-order valence-corrected chi connectivity index (χ3v) is 3.48. The van der Waals surface area contributed by atoms with E-state index in [-0.39, 0.29) is 0 Å². The van der Waals surface area contributed by atoms with Gasteiger partial charge in [-0.1, -0.05) is 66.7 Å². The Balaban J connectivity index is 2.01. The molecule has 0 aliphatic carbocycles. The van der Waals surface area contributed by atoms with Gasteiger partial charge in [0, 0.05) is 11.6 Å². The molecule has 1 heterocycles. The molecule has 0 aromatic heterocycles. The van der Waals surface area contributed by atoms with Gasteiger partial charge in [-0.2, -0.15) is 0 Å². The molecule has 1 aliphatic rings. The van der Waals surface area contributed by atoms with Crippen LogP contribution in [0.15, 0.2) is 96.8 Å². The average molecular weight is 316 g/mol. The zero-order valence-corrected chi connectivity index (χ0v) is 12.9. The molecular formula is C21H16O3. The molecule has 1 aliphatic heterocycles. The minimum atomic E-state index is -0.992. The first-order chi connectivity index (χ1) is 11.7. The Bertz CT molecular complexity index is 841. The third-order valence-electron chi connectivity index (χ3n) is 3.48. The number of carboxylic acid groups (broad SMARTS) is 1. The molecule has 118 valence electrons. The van der Waals surface area contributed by atoms with Gasteiger partial charge in [-0.15, -0.1) is 0 Å². The molecule has 0 amide bonds. The second-order valence-electron chi connectivity index (χ2n) is 5.21. The Hall–Kier alpha value is -3.33. The molecule has 3 nitrogen and oxygen atoms in total. The van der Waals surface area contributed by atoms with Crippen molar-refractivity contribution in [3.63, 3.8) is 0 Å². The predicted octanol–water partition coefficient (Wildman–Crippen LogP) is 4.67. The van der Waals surface area contributed by atoms with Gasteiger partial charge in [0.1, 0.15) is 11.5 Å². The quantitative estimate of drug-likeness (QED) is 0.834. The number of carbonyl (C=O) groups is 1. The highest BCUT2D eigenvalue weighted by molar-refractivity contribution is 5.85. The van der Waals surface area contributed by atoms with Crippen molar-refractivity contribution in [2.24, 2.45) is 0 Å². The number of rotatable bonds is 4. The van der Waals surface area contributed by atoms with Gasteiger partial charge in [0.25, 0.3) is 0 Å². The van der Waals surface area contributed by atoms with Crippen LogP contribution < -0.4 is 0 Å². The van der Waals surface area contributed by atoms with Crippen LogP contribution in [0, 0.1) is 0 Å². The van der Waals surface area contributed by atoms with Crippen molar-refractivity contribution < 1.29 is 14.6 Å². The summed E-state index contributed by atoms with van der Waals surface area (Å²) in [6.45, 7) is 0. The number of aliphatic carboxylic acids is 1. The fourth-order valence-electron chi connectivity index (χ4n) is 2.37. The van der Waals surface area contributed by atoms with Crippen molar-refractivity contribution in [1.82, 2.24) is 0 Å². The van der Waals surface area contributed by atoms with Gasteiger partial charge in [0.2, 0.25) is 0 Å². The van der Waals surface area contributed by atoms with Gasteiger partial charge in [-0.25, -0.2) is 4.79 Å². The summed E-state index contributed by atoms with van der Waals surface area (Å²) in [4.78, 5) is 10.6. The van der Waals surface area contributed by atoms with E-state index in [1.807, 2.05) is 72.8 Å². The van der Waals surface area contributed by atoms with Gasteiger partial charge in [0.15, 0.2) is 0 Å². The molecule has 0 radical (unpaired) electrons. The molecule has 0 saturated heterocycles. The van der Waals surface area contributed by atoms with Crippen LogP contribution >= 0.6 is 0 Å². The lowest BCUT2D eigenvalue weighted by Crippen LogP contribution is -1.99. The lowest BCUT2D eigenvalue weighted by atomic mass is 10.0. The third kappa shape index (κ3) is 3.90. The first-order valence-corrected chi connectivity index (χ1v) is 7.56. The fourth-order valence-corrected chi connectivity index (χ4v) is 2.37. The molecule has 3 rings (SSSR count). The smallest absolute Gasteiger partial charge is 0.328 e. The zero-order chi connectivity index (χ0) is 16.8. The maximum Gasteiger partial charge on any atom is 0.328 e. The highest BCUT2D eigenvalue weighted by atomic mass is 16.5. The van der Waals surface area contributed by atoms with E-state index in [2.05, 4.69) is 0 Å². The SMILES string of the molecule is O=C(O)C=CC=C1C=C(c2ccccc2)C=C(c2ccccc2)O1. The molecular weight excluding hydrogens is 300 g/mol. The van der Waals surface area contributed by atoms with Gasteiger partial charge in [-0.05, 0) is 29.4 Å². The molecule has 2 aromatic rings. The zero-order valence-electron chi connectivity index (χ0n) is 12.9. The Morgan fingerprint density at radius 3 is 2.12 bits per heavy atom. The second kappa shape index (κ2) is 7.29. The Morgan fingerprint density at radius 1 is 0.875 bits per heavy atom. The first-order valence-electron chi connectivity index (χ1n) is 7.56. The average Bonchev–Trinajstić information content (AvgIpc) is 2.63. The summed E-state index contributed by atoms with van der Waals surface area (Å²) < 4.78 is 5.91. The number of benzene rings is 2. The van der Waals surface area contributed by atoms with Crippen LogP contribution in [-0.4, -0.2) is 11.1 Å². The maximum atomic E-state index is 10.6. The van der Waals surface area contributed by atoms with Crippen LogP contribution in [0.4, 0.5) is 0 Å². The van der Waals surface area contributed by atoms with E-state index >= 15 is 0 Å². The summed E-state index contributed by atoms with van der Waals surface area (Å²) in [6, 6.07) is 19.8. The van der Waals surface area contributed by atoms with Crippen molar-refractivity contribution in [3.05, 3.63) is 108 Å². The number of hydrogen-bond acceptors (Lipinski definition) is 2. The minimum Gasteiger partial charge on any atom is -0.478 e. The molecule has 3 heteroatoms. The molecule has 0 atom stereocenters. The summed E-state index contributed by atoms with van der Waals surface area (Å²) in [5.41, 5.74) is 3.05. The van der Waals surface area contributed by atoms with E-state index < -0.39 is 5.97 Å². The van der Waals surface area contributed by atoms with Crippen molar-refractivity contribution in [1.29, 1.82) is 0 Å². The van der Waals surface area contributed by atoms with Crippen LogP contribution in [0.5, 0.6) is 0 Å². The molecule has 24 heavy (non-hydrogen) atoms. The summed E-state index contributed by atoms with van der Waals surface area (Å²) in [5, 5.41) is 8.72. The summed E-state index contributed by atoms with van der Waals surface area (Å²) in [7, 11) is 0. The van der Waals surface area contributed by atoms with Crippen LogP contribution in [0.25, 0.3) is 11.3 Å². The molecule has 1 N–H and O–H groups in total. The fraction of sp³-hybridized carbons (Fsp3) is 0. The summed E-state index contributed by atoms with van der Waals surface area (Å²) in [5.74, 6) is 0.327. The first kappa shape index (κ1) is 15.6. The number of hydrogen-bond donors (Lipinski definition) is 1. The topological polar surface area (TPSA) is 46.5 Å². The van der Waals surface area contributed by atoms with Gasteiger partial charge < -0.3 is 9.84 Å². The van der Waals surface area contributed by atoms with Crippen LogP contribution in [0.1, 0.15) is 11.1 Å². The van der Waals surface area contributed by atoms with Crippen molar-refractivity contribution in [3.8, 4) is 0 Å². The number of ether oxygens (including phenoxy) is 1. The molecule has 0 fully saturated rings. The van der Waals surface area contributed by atoms with Gasteiger partial charge >= 0.3 is 5.97 Å². The molecule has 0 unspecified atom stereocenters. The molecule has 0 saturated carbocycles. The molecule has 2 aromatic carbocycles. The largest absolute Gasteiger partial charge is 0.478 e. The lowest BCUT2D eigenvalue weighted by molar-refractivity contribution is -0.131. The predicted molar refractivity (Wildman–Crippen MR) is 94.8 cm³/mol. The highest BCUT2D eigenvalue weighted by Gasteiger charge is 2.13. The van der Waals surface area contributed by atoms with Crippen LogP contribution in [-0.2, 0) is 9.53 Å². The summed E-state index contributed by atoms with van der Waals surface area (Å²) >= 11 is 0. The standard InChI is InChI=1S/C21H16O3/c22-21(23)13-7-12-19-14-18(16-8-3-1-4-9-16)15-20(24-19)17-10-5-2-6-11-17/h1-15H,(H,22,23). The molecule has 0 bridgehead atoms. The van der Waals surface area contributed by atoms with Crippen molar-refractivity contribution in [2.75, 3.05) is 0 Å². The normalized spacial score (nSPS) is 15.8. The number of carboxylic acids is 1. The van der Waals surface area contributed by atoms with E-state index in [1.54, 1.807) is 6.08 Å². The van der Waals surface area contributed by atoms with E-state index in [9.17, 15) is 4.79 Å². The monoisotopic (exact) mass is 316 g/mol. The number of allylic oxidation sites excluding steroid dienone is 5. The lowest BCUT2D eigenvalue weighted by Gasteiger charge is -2.18. The van der Waals surface area contributed by atoms with E-state index in [0.29, 0.717) is 5.76 Å². The van der Waals surface area contributed by atoms with Crippen molar-refractivity contribution in [2.45, 2.75) is 0 Å². The maximum absolute atomic E-state index is 10.6. The van der Waals surface area contributed by atoms with Crippen LogP contribution in [0.3, 0.4) is 0 Å². The highest BCUT2D eigenvalue weighted by Crippen LogP contribution is 2.31. The van der Waals surface area contributed by atoms with Gasteiger partial charge in [-0.3, -0.25) is 0 Å². The Morgan fingerprint density at radius 2 is 1.50 bits per heavy atom. The van der Waals surface area contributed by atoms with E-state index in [4.69, 9.17) is 9.84 Å². The Labute approximate surface area is 140 Å². The summed E-state index contributed by atoms with van der Waals surface area (Å²) in [6.07, 6.45) is 8.07. The minimum absolute atomic E-state index is 0.590. The van der Waals surface area contributed by atoms with Crippen molar-refractivity contribution >= 4 is 17.3 Å². The van der Waals surface area contributed by atoms with E-state index in [1.165, 1.54) is 6.08 Å². The van der Waals surface area contributed by atoms with Gasteiger partial charge in [0.05, 0.1) is 0 Å². The van der Waals surface area contributed by atoms with E-state index in [0.717, 1.165) is 28.5 Å². The second-order valence-corrected chi connectivity index (χ2v) is 5.21. The van der Waals surface area contributed by atoms with Crippen LogP contribution in [0.2, 0.25) is 0 Å².